The standard InChI is InChI=1S/C24H20Cl2N4O3/c25-16-6-10-20(19(13-16)24(33)29-21-11-7-17(26)14-27-21)28-23(32)15-4-8-18(9-5-15)30-12-2-1-3-22(30)31/h4-11,13-14H,1-3,12H2,(H,28,32)(H,27,29,33). The number of halogens is 2. The number of nitrogens with zero attached hydrogens (tertiary/aromatic N) is 2. The molecule has 2 aromatic carbocycles. The molecule has 33 heavy (non-hydrogen) atoms. The van der Waals surface area contributed by atoms with Gasteiger partial charge in [0.1, 0.15) is 5.82 Å². The minimum atomic E-state index is -0.485. The second-order valence-electron chi connectivity index (χ2n) is 7.51. The zero-order chi connectivity index (χ0) is 23.4. The van der Waals surface area contributed by atoms with Crippen molar-refractivity contribution in [3.63, 3.8) is 0 Å². The Hall–Kier alpha value is -3.42. The predicted octanol–water partition coefficient (Wildman–Crippen LogP) is 5.41. The van der Waals surface area contributed by atoms with Gasteiger partial charge in [-0.1, -0.05) is 23.2 Å². The van der Waals surface area contributed by atoms with Crippen LogP contribution < -0.4 is 15.5 Å². The van der Waals surface area contributed by atoms with E-state index in [1.165, 1.54) is 12.3 Å². The van der Waals surface area contributed by atoms with Crippen molar-refractivity contribution in [2.24, 2.45) is 0 Å². The van der Waals surface area contributed by atoms with Crippen LogP contribution in [0.1, 0.15) is 40.0 Å². The Morgan fingerprint density at radius 1 is 0.879 bits per heavy atom. The monoisotopic (exact) mass is 482 g/mol. The van der Waals surface area contributed by atoms with Gasteiger partial charge in [-0.05, 0) is 67.4 Å². The number of anilines is 3. The summed E-state index contributed by atoms with van der Waals surface area (Å²) >= 11 is 11.9. The highest BCUT2D eigenvalue weighted by Gasteiger charge is 2.20. The molecule has 0 spiro atoms. The number of carbonyl (C=O) groups is 3. The summed E-state index contributed by atoms with van der Waals surface area (Å²) in [5.41, 5.74) is 1.64. The van der Waals surface area contributed by atoms with Crippen LogP contribution in [0.2, 0.25) is 10.0 Å². The Bertz CT molecular complexity index is 1200. The SMILES string of the molecule is O=C(Nc1ccc(Cl)cc1C(=O)Nc1ccc(Cl)cn1)c1ccc(N2CCCCC2=O)cc1. The molecule has 3 amide bonds. The Labute approximate surface area is 200 Å². The molecule has 1 aliphatic rings. The number of aromatic nitrogens is 1. The van der Waals surface area contributed by atoms with Crippen molar-refractivity contribution in [2.75, 3.05) is 22.1 Å². The first-order valence-electron chi connectivity index (χ1n) is 10.3. The van der Waals surface area contributed by atoms with Gasteiger partial charge in [0.25, 0.3) is 11.8 Å². The van der Waals surface area contributed by atoms with Crippen LogP contribution in [-0.2, 0) is 4.79 Å². The van der Waals surface area contributed by atoms with E-state index in [1.54, 1.807) is 53.4 Å². The average Bonchev–Trinajstić information content (AvgIpc) is 2.82. The number of hydrogen-bond acceptors (Lipinski definition) is 4. The summed E-state index contributed by atoms with van der Waals surface area (Å²) in [5, 5.41) is 6.20. The van der Waals surface area contributed by atoms with Crippen molar-refractivity contribution in [1.82, 2.24) is 4.98 Å². The first kappa shape index (κ1) is 22.8. The van der Waals surface area contributed by atoms with Crippen molar-refractivity contribution < 1.29 is 14.4 Å². The largest absolute Gasteiger partial charge is 0.321 e. The molecule has 1 aromatic heterocycles. The van der Waals surface area contributed by atoms with Gasteiger partial charge in [-0.25, -0.2) is 4.98 Å². The number of piperidine rings is 1. The zero-order valence-electron chi connectivity index (χ0n) is 17.5. The lowest BCUT2D eigenvalue weighted by molar-refractivity contribution is -0.119. The maximum absolute atomic E-state index is 12.8. The molecule has 7 nitrogen and oxygen atoms in total. The lowest BCUT2D eigenvalue weighted by Crippen LogP contribution is -2.35. The summed E-state index contributed by atoms with van der Waals surface area (Å²) in [6, 6.07) is 14.6. The highest BCUT2D eigenvalue weighted by molar-refractivity contribution is 6.31. The third-order valence-electron chi connectivity index (χ3n) is 5.21. The molecular formula is C24H20Cl2N4O3. The highest BCUT2D eigenvalue weighted by Crippen LogP contribution is 2.24. The number of benzene rings is 2. The Morgan fingerprint density at radius 2 is 1.64 bits per heavy atom. The van der Waals surface area contributed by atoms with E-state index in [4.69, 9.17) is 23.2 Å². The second kappa shape index (κ2) is 10.0. The maximum atomic E-state index is 12.8. The molecule has 0 unspecified atom stereocenters. The van der Waals surface area contributed by atoms with Crippen molar-refractivity contribution in [1.29, 1.82) is 0 Å². The summed E-state index contributed by atoms with van der Waals surface area (Å²) < 4.78 is 0. The normalized spacial score (nSPS) is 13.5. The Morgan fingerprint density at radius 3 is 2.33 bits per heavy atom. The fraction of sp³-hybridized carbons (Fsp3) is 0.167. The van der Waals surface area contributed by atoms with Crippen LogP contribution in [0.4, 0.5) is 17.2 Å². The van der Waals surface area contributed by atoms with Crippen molar-refractivity contribution in [2.45, 2.75) is 19.3 Å². The molecule has 2 heterocycles. The van der Waals surface area contributed by atoms with Gasteiger partial charge in [-0.15, -0.1) is 0 Å². The second-order valence-corrected chi connectivity index (χ2v) is 8.38. The molecule has 2 N–H and O–H groups in total. The van der Waals surface area contributed by atoms with E-state index in [0.29, 0.717) is 40.1 Å². The molecule has 0 atom stereocenters. The molecule has 1 aliphatic heterocycles. The number of hydrogen-bond donors (Lipinski definition) is 2. The van der Waals surface area contributed by atoms with Gasteiger partial charge >= 0.3 is 0 Å². The summed E-state index contributed by atoms with van der Waals surface area (Å²) in [7, 11) is 0. The molecule has 0 saturated carbocycles. The fourth-order valence-electron chi connectivity index (χ4n) is 3.51. The van der Waals surface area contributed by atoms with E-state index in [9.17, 15) is 14.4 Å². The number of pyridine rings is 1. The molecule has 168 valence electrons. The van der Waals surface area contributed by atoms with Gasteiger partial charge in [0.15, 0.2) is 0 Å². The first-order valence-corrected chi connectivity index (χ1v) is 11.1. The van der Waals surface area contributed by atoms with Gasteiger partial charge in [-0.3, -0.25) is 14.4 Å². The van der Waals surface area contributed by atoms with Gasteiger partial charge in [0, 0.05) is 35.4 Å². The van der Waals surface area contributed by atoms with Crippen LogP contribution in [0.25, 0.3) is 0 Å². The minimum absolute atomic E-state index is 0.0884. The van der Waals surface area contributed by atoms with E-state index >= 15 is 0 Å². The maximum Gasteiger partial charge on any atom is 0.258 e. The summed E-state index contributed by atoms with van der Waals surface area (Å²) in [5.74, 6) is -0.482. The lowest BCUT2D eigenvalue weighted by atomic mass is 10.1. The molecule has 0 aliphatic carbocycles. The van der Waals surface area contributed by atoms with Crippen LogP contribution in [0, 0.1) is 0 Å². The smallest absolute Gasteiger partial charge is 0.258 e. The van der Waals surface area contributed by atoms with E-state index < -0.39 is 11.8 Å². The molecule has 0 bridgehead atoms. The van der Waals surface area contributed by atoms with Gasteiger partial charge in [0.05, 0.1) is 16.3 Å². The van der Waals surface area contributed by atoms with Crippen LogP contribution >= 0.6 is 23.2 Å². The van der Waals surface area contributed by atoms with Crippen LogP contribution in [0.15, 0.2) is 60.8 Å². The molecule has 1 fully saturated rings. The number of nitrogens with one attached hydrogen (secondary N) is 2. The molecule has 1 saturated heterocycles. The van der Waals surface area contributed by atoms with Gasteiger partial charge < -0.3 is 15.5 Å². The van der Waals surface area contributed by atoms with E-state index in [2.05, 4.69) is 15.6 Å². The zero-order valence-corrected chi connectivity index (χ0v) is 19.0. The topological polar surface area (TPSA) is 91.4 Å². The van der Waals surface area contributed by atoms with E-state index in [0.717, 1.165) is 18.5 Å². The number of amides is 3. The van der Waals surface area contributed by atoms with Crippen LogP contribution in [0.5, 0.6) is 0 Å². The molecular weight excluding hydrogens is 463 g/mol. The minimum Gasteiger partial charge on any atom is -0.321 e. The molecule has 4 rings (SSSR count). The predicted molar refractivity (Wildman–Crippen MR) is 129 cm³/mol. The van der Waals surface area contributed by atoms with Crippen LogP contribution in [-0.4, -0.2) is 29.3 Å². The third kappa shape index (κ3) is 5.50. The fourth-order valence-corrected chi connectivity index (χ4v) is 3.80. The average molecular weight is 483 g/mol. The van der Waals surface area contributed by atoms with Crippen molar-refractivity contribution >= 4 is 58.1 Å². The quantitative estimate of drug-likeness (QED) is 0.508. The lowest BCUT2D eigenvalue weighted by Gasteiger charge is -2.26. The van der Waals surface area contributed by atoms with Crippen molar-refractivity contribution in [3.05, 3.63) is 82.0 Å². The molecule has 0 radical (unpaired) electrons. The van der Waals surface area contributed by atoms with E-state index in [1.807, 2.05) is 0 Å². The van der Waals surface area contributed by atoms with Crippen molar-refractivity contribution in [3.8, 4) is 0 Å². The third-order valence-corrected chi connectivity index (χ3v) is 5.67. The molecule has 9 heteroatoms. The number of carbonyl (C=O) groups excluding carboxylic acids is 3. The highest BCUT2D eigenvalue weighted by atomic mass is 35.5. The number of rotatable bonds is 5. The van der Waals surface area contributed by atoms with Gasteiger partial charge in [0.2, 0.25) is 5.91 Å². The Kier molecular flexibility index (Phi) is 6.91. The first-order chi connectivity index (χ1) is 15.9. The summed E-state index contributed by atoms with van der Waals surface area (Å²) in [6.45, 7) is 0.677. The molecule has 3 aromatic rings. The summed E-state index contributed by atoms with van der Waals surface area (Å²) in [4.78, 5) is 43.5. The Balaban J connectivity index is 1.50. The van der Waals surface area contributed by atoms with Gasteiger partial charge in [-0.2, -0.15) is 0 Å². The van der Waals surface area contributed by atoms with Crippen LogP contribution in [0.3, 0.4) is 0 Å². The van der Waals surface area contributed by atoms with E-state index in [-0.39, 0.29) is 11.5 Å². The summed E-state index contributed by atoms with van der Waals surface area (Å²) in [6.07, 6.45) is 3.82.